The summed E-state index contributed by atoms with van der Waals surface area (Å²) in [5.41, 5.74) is 4.35. The smallest absolute Gasteiger partial charge is 0.123 e. The van der Waals surface area contributed by atoms with Gasteiger partial charge in [0.2, 0.25) is 0 Å². The minimum atomic E-state index is 0.358. The third kappa shape index (κ3) is 2.93. The van der Waals surface area contributed by atoms with Gasteiger partial charge in [-0.2, -0.15) is 0 Å². The molecule has 0 spiro atoms. The van der Waals surface area contributed by atoms with Crippen molar-refractivity contribution in [2.24, 2.45) is 0 Å². The Labute approximate surface area is 98.5 Å². The number of nitrogens with one attached hydrogen (secondary N) is 1. The number of rotatable bonds is 4. The van der Waals surface area contributed by atoms with Gasteiger partial charge in [0.25, 0.3) is 0 Å². The molecule has 1 aromatic rings. The van der Waals surface area contributed by atoms with Gasteiger partial charge in [-0.15, -0.1) is 0 Å². The van der Waals surface area contributed by atoms with Crippen LogP contribution in [-0.4, -0.2) is 12.3 Å². The largest absolute Gasteiger partial charge is 0.496 e. The van der Waals surface area contributed by atoms with E-state index in [0.717, 1.165) is 21.3 Å². The van der Waals surface area contributed by atoms with Gasteiger partial charge >= 0.3 is 0 Å². The minimum absolute atomic E-state index is 0.358. The molecule has 15 heavy (non-hydrogen) atoms. The predicted molar refractivity (Wildman–Crippen MR) is 63.4 cm³/mol. The van der Waals surface area contributed by atoms with E-state index in [1.165, 1.54) is 0 Å². The fraction of sp³-hybridized carbons (Fsp3) is 0.455. The molecule has 0 aliphatic heterocycles. The van der Waals surface area contributed by atoms with Gasteiger partial charge in [0, 0.05) is 16.6 Å². The maximum Gasteiger partial charge on any atom is 0.123 e. The van der Waals surface area contributed by atoms with E-state index in [2.05, 4.69) is 35.3 Å². The van der Waals surface area contributed by atoms with Crippen molar-refractivity contribution in [2.45, 2.75) is 26.3 Å². The number of ether oxygens (including phenoxy) is 1. The summed E-state index contributed by atoms with van der Waals surface area (Å²) in [4.78, 5) is 0. The highest BCUT2D eigenvalue weighted by molar-refractivity contribution is 9.10. The second-order valence-electron chi connectivity index (χ2n) is 3.67. The Balaban J connectivity index is 3.26. The Hall–Kier alpha value is -0.580. The molecule has 3 nitrogen and oxygen atoms in total. The van der Waals surface area contributed by atoms with Crippen LogP contribution in [0.25, 0.3) is 0 Å². The molecular formula is C11H16BrNO2. The van der Waals surface area contributed by atoms with Crippen molar-refractivity contribution < 1.29 is 9.94 Å². The van der Waals surface area contributed by atoms with E-state index < -0.39 is 0 Å². The van der Waals surface area contributed by atoms with Crippen LogP contribution in [0.2, 0.25) is 0 Å². The second-order valence-corrected chi connectivity index (χ2v) is 4.59. The molecule has 0 unspecified atom stereocenters. The molecule has 84 valence electrons. The first-order chi connectivity index (χ1) is 7.10. The summed E-state index contributed by atoms with van der Waals surface area (Å²) in [5.74, 6) is 1.21. The molecule has 2 N–H and O–H groups in total. The third-order valence-corrected chi connectivity index (χ3v) is 2.72. The van der Waals surface area contributed by atoms with E-state index in [9.17, 15) is 0 Å². The number of hydrogen-bond acceptors (Lipinski definition) is 3. The molecule has 0 radical (unpaired) electrons. The van der Waals surface area contributed by atoms with E-state index in [0.29, 0.717) is 12.5 Å². The molecule has 0 heterocycles. The summed E-state index contributed by atoms with van der Waals surface area (Å²) >= 11 is 3.42. The van der Waals surface area contributed by atoms with E-state index in [1.54, 1.807) is 7.11 Å². The Bertz CT molecular complexity index is 340. The Morgan fingerprint density at radius 2 is 2.13 bits per heavy atom. The lowest BCUT2D eigenvalue weighted by Gasteiger charge is -2.17. The number of methoxy groups -OCH3 is 1. The van der Waals surface area contributed by atoms with Gasteiger partial charge in [0.05, 0.1) is 7.11 Å². The maximum absolute atomic E-state index is 8.77. The van der Waals surface area contributed by atoms with Gasteiger partial charge in [-0.25, -0.2) is 5.48 Å². The first-order valence-electron chi connectivity index (χ1n) is 4.83. The van der Waals surface area contributed by atoms with E-state index in [1.807, 2.05) is 12.1 Å². The molecule has 0 aromatic heterocycles. The summed E-state index contributed by atoms with van der Waals surface area (Å²) in [7, 11) is 1.66. The SMILES string of the molecule is COc1cc(Br)cc(CNO)c1C(C)C. The van der Waals surface area contributed by atoms with Crippen LogP contribution in [-0.2, 0) is 6.54 Å². The monoisotopic (exact) mass is 273 g/mol. The first kappa shape index (κ1) is 12.5. The maximum atomic E-state index is 8.77. The molecule has 0 atom stereocenters. The molecule has 0 bridgehead atoms. The summed E-state index contributed by atoms with van der Waals surface area (Å²) in [6, 6.07) is 3.93. The van der Waals surface area contributed by atoms with Crippen LogP contribution in [0.1, 0.15) is 30.9 Å². The van der Waals surface area contributed by atoms with Crippen molar-refractivity contribution in [1.29, 1.82) is 0 Å². The fourth-order valence-electron chi connectivity index (χ4n) is 1.70. The van der Waals surface area contributed by atoms with Gasteiger partial charge in [-0.1, -0.05) is 29.8 Å². The Kier molecular flexibility index (Phi) is 4.57. The van der Waals surface area contributed by atoms with Crippen LogP contribution in [0.4, 0.5) is 0 Å². The second kappa shape index (κ2) is 5.49. The quantitative estimate of drug-likeness (QED) is 0.829. The molecular weight excluding hydrogens is 258 g/mol. The van der Waals surface area contributed by atoms with Crippen LogP contribution in [0.15, 0.2) is 16.6 Å². The average molecular weight is 274 g/mol. The standard InChI is InChI=1S/C11H16BrNO2/c1-7(2)11-8(6-13-14)4-9(12)5-10(11)15-3/h4-5,7,13-14H,6H2,1-3H3. The van der Waals surface area contributed by atoms with Gasteiger partial charge in [-0.3, -0.25) is 0 Å². The average Bonchev–Trinajstić information content (AvgIpc) is 2.16. The van der Waals surface area contributed by atoms with Crippen molar-refractivity contribution in [1.82, 2.24) is 5.48 Å². The number of halogens is 1. The van der Waals surface area contributed by atoms with Crippen LogP contribution < -0.4 is 10.2 Å². The zero-order valence-corrected chi connectivity index (χ0v) is 10.8. The molecule has 0 amide bonds. The van der Waals surface area contributed by atoms with Gasteiger partial charge in [0.15, 0.2) is 0 Å². The first-order valence-corrected chi connectivity index (χ1v) is 5.62. The van der Waals surface area contributed by atoms with Crippen molar-refractivity contribution in [3.63, 3.8) is 0 Å². The Morgan fingerprint density at radius 1 is 1.47 bits per heavy atom. The van der Waals surface area contributed by atoms with E-state index in [4.69, 9.17) is 9.94 Å². The van der Waals surface area contributed by atoms with Gasteiger partial charge in [0.1, 0.15) is 5.75 Å². The van der Waals surface area contributed by atoms with Crippen molar-refractivity contribution in [2.75, 3.05) is 7.11 Å². The summed E-state index contributed by atoms with van der Waals surface area (Å²) in [6.07, 6.45) is 0. The normalized spacial score (nSPS) is 10.8. The van der Waals surface area contributed by atoms with Crippen LogP contribution >= 0.6 is 15.9 Å². The molecule has 0 aliphatic carbocycles. The molecule has 0 saturated carbocycles. The lowest BCUT2D eigenvalue weighted by atomic mass is 9.96. The van der Waals surface area contributed by atoms with E-state index in [-0.39, 0.29) is 0 Å². The number of hydrogen-bond donors (Lipinski definition) is 2. The highest BCUT2D eigenvalue weighted by Gasteiger charge is 2.13. The predicted octanol–water partition coefficient (Wildman–Crippen LogP) is 3.06. The lowest BCUT2D eigenvalue weighted by molar-refractivity contribution is 0.161. The molecule has 4 heteroatoms. The van der Waals surface area contributed by atoms with Crippen molar-refractivity contribution >= 4 is 15.9 Å². The third-order valence-electron chi connectivity index (χ3n) is 2.26. The highest BCUT2D eigenvalue weighted by Crippen LogP contribution is 2.33. The van der Waals surface area contributed by atoms with Crippen LogP contribution in [0.5, 0.6) is 5.75 Å². The van der Waals surface area contributed by atoms with Gasteiger partial charge in [-0.05, 0) is 23.6 Å². The van der Waals surface area contributed by atoms with Crippen LogP contribution in [0, 0.1) is 0 Å². The highest BCUT2D eigenvalue weighted by atomic mass is 79.9. The molecule has 0 aliphatic rings. The van der Waals surface area contributed by atoms with Gasteiger partial charge < -0.3 is 9.94 Å². The molecule has 0 fully saturated rings. The van der Waals surface area contributed by atoms with Crippen molar-refractivity contribution in [3.05, 3.63) is 27.7 Å². The number of benzene rings is 1. The zero-order chi connectivity index (χ0) is 11.4. The Morgan fingerprint density at radius 3 is 2.60 bits per heavy atom. The number of hydroxylamine groups is 1. The molecule has 1 rings (SSSR count). The molecule has 1 aromatic carbocycles. The van der Waals surface area contributed by atoms with E-state index >= 15 is 0 Å². The summed E-state index contributed by atoms with van der Waals surface area (Å²) in [5, 5.41) is 8.77. The molecule has 0 saturated heterocycles. The minimum Gasteiger partial charge on any atom is -0.496 e. The summed E-state index contributed by atoms with van der Waals surface area (Å²) < 4.78 is 6.29. The van der Waals surface area contributed by atoms with Crippen molar-refractivity contribution in [3.8, 4) is 5.75 Å². The summed E-state index contributed by atoms with van der Waals surface area (Å²) in [6.45, 7) is 4.63. The lowest BCUT2D eigenvalue weighted by Crippen LogP contribution is -2.10. The van der Waals surface area contributed by atoms with Crippen LogP contribution in [0.3, 0.4) is 0 Å². The topological polar surface area (TPSA) is 41.5 Å². The fourth-order valence-corrected chi connectivity index (χ4v) is 2.19. The zero-order valence-electron chi connectivity index (χ0n) is 9.17.